The number of halogens is 1. The van der Waals surface area contributed by atoms with Gasteiger partial charge >= 0.3 is 11.9 Å². The van der Waals surface area contributed by atoms with Crippen LogP contribution < -0.4 is 5.32 Å². The molecule has 0 aliphatic heterocycles. The van der Waals surface area contributed by atoms with Gasteiger partial charge in [0.15, 0.2) is 0 Å². The predicted molar refractivity (Wildman–Crippen MR) is 97.5 cm³/mol. The van der Waals surface area contributed by atoms with Gasteiger partial charge in [0.05, 0.1) is 18.8 Å². The van der Waals surface area contributed by atoms with Crippen LogP contribution in [0.4, 0.5) is 5.88 Å². The van der Waals surface area contributed by atoms with Crippen LogP contribution in [0.15, 0.2) is 33.2 Å². The number of amides is 1. The SMILES string of the molecule is CCOC(=O)c1c(C)oc(NC(=O)c2ccccc2Br)c1C(=O)OCC. The van der Waals surface area contributed by atoms with E-state index in [0.717, 1.165) is 0 Å². The molecule has 0 atom stereocenters. The number of esters is 2. The molecule has 2 rings (SSSR count). The van der Waals surface area contributed by atoms with E-state index in [4.69, 9.17) is 13.9 Å². The highest BCUT2D eigenvalue weighted by molar-refractivity contribution is 9.10. The smallest absolute Gasteiger partial charge is 0.344 e. The summed E-state index contributed by atoms with van der Waals surface area (Å²) in [5.74, 6) is -2.03. The minimum absolute atomic E-state index is 0.0623. The molecule has 7 nitrogen and oxygen atoms in total. The van der Waals surface area contributed by atoms with Crippen LogP contribution >= 0.6 is 15.9 Å². The molecule has 1 aromatic carbocycles. The lowest BCUT2D eigenvalue weighted by Gasteiger charge is -2.07. The number of hydrogen-bond donors (Lipinski definition) is 1. The van der Waals surface area contributed by atoms with Crippen LogP contribution in [0.5, 0.6) is 0 Å². The number of carbonyl (C=O) groups excluding carboxylic acids is 3. The molecule has 8 heteroatoms. The average Bonchev–Trinajstić information content (AvgIpc) is 2.91. The van der Waals surface area contributed by atoms with Crippen LogP contribution in [-0.2, 0) is 9.47 Å². The Balaban J connectivity index is 2.46. The molecular formula is C18H18BrNO6. The van der Waals surface area contributed by atoms with E-state index in [9.17, 15) is 14.4 Å². The summed E-state index contributed by atoms with van der Waals surface area (Å²) in [5, 5.41) is 2.52. The fourth-order valence-electron chi connectivity index (χ4n) is 2.30. The molecule has 0 spiro atoms. The molecule has 0 bridgehead atoms. The summed E-state index contributed by atoms with van der Waals surface area (Å²) in [6.07, 6.45) is 0. The first kappa shape index (κ1) is 19.7. The lowest BCUT2D eigenvalue weighted by Crippen LogP contribution is -2.17. The highest BCUT2D eigenvalue weighted by Crippen LogP contribution is 2.30. The second-order valence-electron chi connectivity index (χ2n) is 5.11. The van der Waals surface area contributed by atoms with Crippen molar-refractivity contribution in [2.24, 2.45) is 0 Å². The van der Waals surface area contributed by atoms with Crippen LogP contribution in [0.3, 0.4) is 0 Å². The van der Waals surface area contributed by atoms with Crippen molar-refractivity contribution < 1.29 is 28.3 Å². The summed E-state index contributed by atoms with van der Waals surface area (Å²) in [7, 11) is 0. The van der Waals surface area contributed by atoms with Crippen molar-refractivity contribution in [3.8, 4) is 0 Å². The summed E-state index contributed by atoms with van der Waals surface area (Å²) in [5.41, 5.74) is 0.116. The van der Waals surface area contributed by atoms with E-state index in [0.29, 0.717) is 10.0 Å². The molecule has 0 saturated carbocycles. The summed E-state index contributed by atoms with van der Waals surface area (Å²) in [4.78, 5) is 37.1. The first-order valence-corrected chi connectivity index (χ1v) is 8.73. The van der Waals surface area contributed by atoms with Crippen molar-refractivity contribution in [2.75, 3.05) is 18.5 Å². The summed E-state index contributed by atoms with van der Waals surface area (Å²) < 4.78 is 16.0. The van der Waals surface area contributed by atoms with Crippen molar-refractivity contribution in [3.63, 3.8) is 0 Å². The third kappa shape index (κ3) is 4.13. The van der Waals surface area contributed by atoms with Gasteiger partial charge in [0.2, 0.25) is 5.88 Å². The second-order valence-corrected chi connectivity index (χ2v) is 5.97. The molecular weight excluding hydrogens is 406 g/mol. The van der Waals surface area contributed by atoms with Gasteiger partial charge in [-0.3, -0.25) is 10.1 Å². The van der Waals surface area contributed by atoms with E-state index in [2.05, 4.69) is 21.2 Å². The van der Waals surface area contributed by atoms with E-state index < -0.39 is 17.8 Å². The predicted octanol–water partition coefficient (Wildman–Crippen LogP) is 3.96. The number of benzene rings is 1. The second kappa shape index (κ2) is 8.66. The number of nitrogens with one attached hydrogen (secondary N) is 1. The molecule has 0 fully saturated rings. The fraction of sp³-hybridized carbons (Fsp3) is 0.278. The molecule has 1 aromatic heterocycles. The molecule has 26 heavy (non-hydrogen) atoms. The summed E-state index contributed by atoms with van der Waals surface area (Å²) in [6, 6.07) is 6.77. The average molecular weight is 424 g/mol. The highest BCUT2D eigenvalue weighted by atomic mass is 79.9. The molecule has 0 unspecified atom stereocenters. The van der Waals surface area contributed by atoms with Gasteiger partial charge in [-0.05, 0) is 48.8 Å². The molecule has 0 aliphatic carbocycles. The van der Waals surface area contributed by atoms with Gasteiger partial charge in [-0.25, -0.2) is 9.59 Å². The van der Waals surface area contributed by atoms with Gasteiger partial charge in [0, 0.05) is 4.47 Å². The Morgan fingerprint density at radius 1 is 1.04 bits per heavy atom. The van der Waals surface area contributed by atoms with Gasteiger partial charge in [0.25, 0.3) is 5.91 Å². The number of ether oxygens (including phenoxy) is 2. The number of rotatable bonds is 6. The van der Waals surface area contributed by atoms with Crippen molar-refractivity contribution in [3.05, 3.63) is 51.2 Å². The zero-order valence-electron chi connectivity index (χ0n) is 14.6. The Morgan fingerprint density at radius 3 is 2.19 bits per heavy atom. The lowest BCUT2D eigenvalue weighted by atomic mass is 10.1. The van der Waals surface area contributed by atoms with E-state index in [1.165, 1.54) is 6.92 Å². The van der Waals surface area contributed by atoms with Gasteiger partial charge < -0.3 is 13.9 Å². The minimum atomic E-state index is -0.783. The number of furan rings is 1. The maximum Gasteiger partial charge on any atom is 0.344 e. The minimum Gasteiger partial charge on any atom is -0.462 e. The summed E-state index contributed by atoms with van der Waals surface area (Å²) >= 11 is 3.29. The van der Waals surface area contributed by atoms with Gasteiger partial charge in [-0.1, -0.05) is 12.1 Å². The van der Waals surface area contributed by atoms with E-state index in [-0.39, 0.29) is 36.0 Å². The van der Waals surface area contributed by atoms with Gasteiger partial charge in [0.1, 0.15) is 16.9 Å². The Morgan fingerprint density at radius 2 is 1.62 bits per heavy atom. The van der Waals surface area contributed by atoms with Crippen LogP contribution in [0, 0.1) is 6.92 Å². The maximum absolute atomic E-state index is 12.5. The third-order valence-corrected chi connectivity index (χ3v) is 4.08. The maximum atomic E-state index is 12.5. The molecule has 0 radical (unpaired) electrons. The number of aryl methyl sites for hydroxylation is 1. The number of carbonyl (C=O) groups is 3. The zero-order valence-corrected chi connectivity index (χ0v) is 16.1. The van der Waals surface area contributed by atoms with Crippen molar-refractivity contribution in [1.29, 1.82) is 0 Å². The van der Waals surface area contributed by atoms with Crippen molar-refractivity contribution in [1.82, 2.24) is 0 Å². The fourth-order valence-corrected chi connectivity index (χ4v) is 2.76. The van der Waals surface area contributed by atoms with Gasteiger partial charge in [-0.15, -0.1) is 0 Å². The van der Waals surface area contributed by atoms with Crippen LogP contribution in [0.25, 0.3) is 0 Å². The number of anilines is 1. The molecule has 138 valence electrons. The lowest BCUT2D eigenvalue weighted by molar-refractivity contribution is 0.0480. The first-order chi connectivity index (χ1) is 12.4. The molecule has 1 heterocycles. The molecule has 0 aliphatic rings. The van der Waals surface area contributed by atoms with Gasteiger partial charge in [-0.2, -0.15) is 0 Å². The molecule has 1 N–H and O–H groups in total. The highest BCUT2D eigenvalue weighted by Gasteiger charge is 2.31. The van der Waals surface area contributed by atoms with E-state index in [1.54, 1.807) is 38.1 Å². The molecule has 2 aromatic rings. The Bertz CT molecular complexity index is 842. The van der Waals surface area contributed by atoms with E-state index in [1.807, 2.05) is 0 Å². The first-order valence-electron chi connectivity index (χ1n) is 7.94. The summed E-state index contributed by atoms with van der Waals surface area (Å²) in [6.45, 7) is 5.01. The Hall–Kier alpha value is -2.61. The monoisotopic (exact) mass is 423 g/mol. The molecule has 1 amide bonds. The van der Waals surface area contributed by atoms with E-state index >= 15 is 0 Å². The Kier molecular flexibility index (Phi) is 6.57. The van der Waals surface area contributed by atoms with Crippen molar-refractivity contribution in [2.45, 2.75) is 20.8 Å². The van der Waals surface area contributed by atoms with Crippen LogP contribution in [-0.4, -0.2) is 31.1 Å². The normalized spacial score (nSPS) is 10.3. The van der Waals surface area contributed by atoms with Crippen LogP contribution in [0.2, 0.25) is 0 Å². The quantitative estimate of drug-likeness (QED) is 0.706. The largest absolute Gasteiger partial charge is 0.462 e. The van der Waals surface area contributed by atoms with Crippen LogP contribution in [0.1, 0.15) is 50.7 Å². The topological polar surface area (TPSA) is 94.8 Å². The molecule has 0 saturated heterocycles. The Labute approximate surface area is 158 Å². The standard InChI is InChI=1S/C18H18BrNO6/c1-4-24-17(22)13-10(3)26-16(14(13)18(23)25-5-2)20-15(21)11-8-6-7-9-12(11)19/h6-9H,4-5H2,1-3H3,(H,20,21). The zero-order chi connectivity index (χ0) is 19.3. The van der Waals surface area contributed by atoms with Crippen molar-refractivity contribution >= 4 is 39.7 Å². The number of hydrogen-bond acceptors (Lipinski definition) is 6. The third-order valence-electron chi connectivity index (χ3n) is 3.39.